The highest BCUT2D eigenvalue weighted by Gasteiger charge is 2.15. The molecule has 0 aromatic heterocycles. The van der Waals surface area contributed by atoms with E-state index in [9.17, 15) is 4.79 Å². The fraction of sp³-hybridized carbons (Fsp3) is 0.400. The Morgan fingerprint density at radius 2 is 1.95 bits per heavy atom. The number of carboxylic acids is 1. The third-order valence-electron chi connectivity index (χ3n) is 3.25. The van der Waals surface area contributed by atoms with Crippen LogP contribution in [0.25, 0.3) is 0 Å². The van der Waals surface area contributed by atoms with Crippen molar-refractivity contribution in [3.8, 4) is 5.75 Å². The summed E-state index contributed by atoms with van der Waals surface area (Å²) in [6, 6.07) is 8.05. The minimum Gasteiger partial charge on any atom is -0.494 e. The molecular weight excluding hydrogens is 242 g/mol. The van der Waals surface area contributed by atoms with Crippen molar-refractivity contribution in [2.45, 2.75) is 19.8 Å². The summed E-state index contributed by atoms with van der Waals surface area (Å²) >= 11 is 0. The number of rotatable bonds is 4. The molecule has 19 heavy (non-hydrogen) atoms. The van der Waals surface area contributed by atoms with Gasteiger partial charge in [-0.2, -0.15) is 0 Å². The highest BCUT2D eigenvalue weighted by molar-refractivity contribution is 5.80. The monoisotopic (exact) mass is 261 g/mol. The number of hydrogen-bond acceptors (Lipinski definition) is 3. The summed E-state index contributed by atoms with van der Waals surface area (Å²) in [7, 11) is 0. The average Bonchev–Trinajstić information content (AvgIpc) is 2.40. The Morgan fingerprint density at radius 3 is 2.47 bits per heavy atom. The lowest BCUT2D eigenvalue weighted by Crippen LogP contribution is -2.30. The van der Waals surface area contributed by atoms with Gasteiger partial charge in [-0.05, 0) is 44.0 Å². The third-order valence-corrected chi connectivity index (χ3v) is 3.25. The van der Waals surface area contributed by atoms with Crippen molar-refractivity contribution < 1.29 is 14.6 Å². The Labute approximate surface area is 113 Å². The summed E-state index contributed by atoms with van der Waals surface area (Å²) in [6.07, 6.45) is 2.98. The van der Waals surface area contributed by atoms with E-state index in [0.29, 0.717) is 6.61 Å². The predicted octanol–water partition coefficient (Wildman–Crippen LogP) is 2.70. The van der Waals surface area contributed by atoms with Gasteiger partial charge in [0.2, 0.25) is 0 Å². The Balaban J connectivity index is 1.95. The molecule has 0 amide bonds. The molecule has 102 valence electrons. The van der Waals surface area contributed by atoms with Crippen LogP contribution < -0.4 is 9.64 Å². The summed E-state index contributed by atoms with van der Waals surface area (Å²) in [5.41, 5.74) is 2.19. The van der Waals surface area contributed by atoms with Crippen molar-refractivity contribution in [3.63, 3.8) is 0 Å². The third kappa shape index (κ3) is 3.74. The molecular formula is C15H19NO3. The molecule has 1 N–H and O–H groups in total. The van der Waals surface area contributed by atoms with Crippen molar-refractivity contribution in [2.24, 2.45) is 0 Å². The molecule has 0 aliphatic carbocycles. The van der Waals surface area contributed by atoms with E-state index in [4.69, 9.17) is 9.84 Å². The lowest BCUT2D eigenvalue weighted by molar-refractivity contribution is -0.131. The maximum atomic E-state index is 10.6. The summed E-state index contributed by atoms with van der Waals surface area (Å²) in [5.74, 6) is 0.0410. The number of piperidine rings is 1. The first-order chi connectivity index (χ1) is 9.19. The number of hydrogen-bond donors (Lipinski definition) is 1. The Kier molecular flexibility index (Phi) is 4.44. The first-order valence-electron chi connectivity index (χ1n) is 6.59. The second kappa shape index (κ2) is 6.27. The molecule has 1 aliphatic heterocycles. The lowest BCUT2D eigenvalue weighted by Gasteiger charge is -2.30. The fourth-order valence-electron chi connectivity index (χ4n) is 2.29. The molecule has 1 fully saturated rings. The van der Waals surface area contributed by atoms with Crippen LogP contribution in [0.15, 0.2) is 35.9 Å². The van der Waals surface area contributed by atoms with Crippen LogP contribution in [-0.2, 0) is 4.79 Å². The van der Waals surface area contributed by atoms with E-state index in [-0.39, 0.29) is 0 Å². The second-order valence-electron chi connectivity index (χ2n) is 4.55. The maximum absolute atomic E-state index is 10.6. The van der Waals surface area contributed by atoms with Gasteiger partial charge in [0.15, 0.2) is 0 Å². The zero-order valence-electron chi connectivity index (χ0n) is 11.1. The normalized spacial score (nSPS) is 15.2. The zero-order valence-corrected chi connectivity index (χ0v) is 11.1. The maximum Gasteiger partial charge on any atom is 0.328 e. The molecule has 1 aromatic carbocycles. The molecule has 0 radical (unpaired) electrons. The van der Waals surface area contributed by atoms with E-state index < -0.39 is 5.97 Å². The molecule has 0 atom stereocenters. The second-order valence-corrected chi connectivity index (χ2v) is 4.55. The van der Waals surface area contributed by atoms with Crippen LogP contribution in [0.1, 0.15) is 19.8 Å². The van der Waals surface area contributed by atoms with E-state index in [1.807, 2.05) is 19.1 Å². The minimum atomic E-state index is -0.843. The van der Waals surface area contributed by atoms with Crippen LogP contribution in [0.4, 0.5) is 5.69 Å². The van der Waals surface area contributed by atoms with Gasteiger partial charge in [0.1, 0.15) is 5.75 Å². The highest BCUT2D eigenvalue weighted by Crippen LogP contribution is 2.24. The lowest BCUT2D eigenvalue weighted by atomic mass is 10.0. The summed E-state index contributed by atoms with van der Waals surface area (Å²) < 4.78 is 5.42. The van der Waals surface area contributed by atoms with Crippen LogP contribution in [0.3, 0.4) is 0 Å². The molecule has 2 rings (SSSR count). The van der Waals surface area contributed by atoms with Gasteiger partial charge in [0, 0.05) is 24.9 Å². The number of carboxylic acid groups (broad SMARTS) is 1. The summed E-state index contributed by atoms with van der Waals surface area (Å²) in [5, 5.41) is 8.73. The first-order valence-corrected chi connectivity index (χ1v) is 6.59. The molecule has 0 unspecified atom stereocenters. The van der Waals surface area contributed by atoms with Crippen molar-refractivity contribution in [2.75, 3.05) is 24.6 Å². The van der Waals surface area contributed by atoms with Gasteiger partial charge in [0.25, 0.3) is 0 Å². The smallest absolute Gasteiger partial charge is 0.328 e. The van der Waals surface area contributed by atoms with E-state index in [1.165, 1.54) is 6.08 Å². The van der Waals surface area contributed by atoms with Crippen LogP contribution in [0.2, 0.25) is 0 Å². The van der Waals surface area contributed by atoms with Gasteiger partial charge in [-0.15, -0.1) is 0 Å². The molecule has 0 saturated carbocycles. The minimum absolute atomic E-state index is 0.673. The number of carbonyl (C=O) groups is 1. The molecule has 0 spiro atoms. The van der Waals surface area contributed by atoms with Crippen molar-refractivity contribution in [3.05, 3.63) is 35.9 Å². The van der Waals surface area contributed by atoms with E-state index in [0.717, 1.165) is 42.9 Å². The average molecular weight is 261 g/mol. The SMILES string of the molecule is CCOc1ccc(N2CCC(=CC(=O)O)CC2)cc1. The van der Waals surface area contributed by atoms with E-state index in [1.54, 1.807) is 0 Å². The standard InChI is InChI=1S/C15H19NO3/c1-2-19-14-5-3-13(4-6-14)16-9-7-12(8-10-16)11-15(17)18/h3-6,11H,2,7-10H2,1H3,(H,17,18). The quantitative estimate of drug-likeness (QED) is 0.847. The highest BCUT2D eigenvalue weighted by atomic mass is 16.5. The van der Waals surface area contributed by atoms with Crippen molar-refractivity contribution in [1.82, 2.24) is 0 Å². The predicted molar refractivity (Wildman–Crippen MR) is 74.8 cm³/mol. The number of ether oxygens (including phenoxy) is 1. The first kappa shape index (κ1) is 13.5. The van der Waals surface area contributed by atoms with E-state index >= 15 is 0 Å². The number of aliphatic carboxylic acids is 1. The molecule has 1 aromatic rings. The van der Waals surface area contributed by atoms with Crippen molar-refractivity contribution >= 4 is 11.7 Å². The van der Waals surface area contributed by atoms with Crippen molar-refractivity contribution in [1.29, 1.82) is 0 Å². The molecule has 1 heterocycles. The van der Waals surface area contributed by atoms with Gasteiger partial charge in [0.05, 0.1) is 6.61 Å². The largest absolute Gasteiger partial charge is 0.494 e. The van der Waals surface area contributed by atoms with Gasteiger partial charge in [-0.1, -0.05) is 5.57 Å². The van der Waals surface area contributed by atoms with Crippen LogP contribution >= 0.6 is 0 Å². The molecule has 1 aliphatic rings. The Bertz CT molecular complexity index is 455. The van der Waals surface area contributed by atoms with Crippen LogP contribution in [0, 0.1) is 0 Å². The number of benzene rings is 1. The van der Waals surface area contributed by atoms with Gasteiger partial charge in [-0.3, -0.25) is 0 Å². The number of anilines is 1. The molecule has 0 bridgehead atoms. The van der Waals surface area contributed by atoms with E-state index in [2.05, 4.69) is 17.0 Å². The van der Waals surface area contributed by atoms with Gasteiger partial charge in [-0.25, -0.2) is 4.79 Å². The van der Waals surface area contributed by atoms with Crippen LogP contribution in [-0.4, -0.2) is 30.8 Å². The van der Waals surface area contributed by atoms with Crippen LogP contribution in [0.5, 0.6) is 5.75 Å². The molecule has 4 heteroatoms. The fourth-order valence-corrected chi connectivity index (χ4v) is 2.29. The zero-order chi connectivity index (χ0) is 13.7. The molecule has 1 saturated heterocycles. The summed E-state index contributed by atoms with van der Waals surface area (Å²) in [4.78, 5) is 12.9. The number of nitrogens with zero attached hydrogens (tertiary/aromatic N) is 1. The van der Waals surface area contributed by atoms with Gasteiger partial charge >= 0.3 is 5.97 Å². The van der Waals surface area contributed by atoms with Gasteiger partial charge < -0.3 is 14.7 Å². The Hall–Kier alpha value is -1.97. The topological polar surface area (TPSA) is 49.8 Å². The molecule has 4 nitrogen and oxygen atoms in total. The summed E-state index contributed by atoms with van der Waals surface area (Å²) in [6.45, 7) is 4.38. The Morgan fingerprint density at radius 1 is 1.32 bits per heavy atom.